The molecule has 0 aliphatic carbocycles. The molecule has 0 unspecified atom stereocenters. The lowest BCUT2D eigenvalue weighted by Crippen LogP contribution is -2.34. The smallest absolute Gasteiger partial charge is 0.259 e. The summed E-state index contributed by atoms with van der Waals surface area (Å²) in [5, 5.41) is 16.0. The van der Waals surface area contributed by atoms with Gasteiger partial charge in [-0.25, -0.2) is 5.43 Å². The monoisotopic (exact) mass is 403 g/mol. The van der Waals surface area contributed by atoms with Crippen molar-refractivity contribution < 1.29 is 14.7 Å². The molecule has 0 fully saturated rings. The molecule has 0 saturated heterocycles. The first kappa shape index (κ1) is 24.7. The Kier molecular flexibility index (Phi) is 14.1. The molecule has 0 spiro atoms. The van der Waals surface area contributed by atoms with Crippen molar-refractivity contribution in [3.05, 3.63) is 29.8 Å². The van der Waals surface area contributed by atoms with Crippen LogP contribution in [0.2, 0.25) is 0 Å². The van der Waals surface area contributed by atoms with E-state index < -0.39 is 5.91 Å². The molecule has 3 N–H and O–H groups in total. The molecule has 0 aliphatic heterocycles. The summed E-state index contributed by atoms with van der Waals surface area (Å²) in [6, 6.07) is 6.69. The molecule has 29 heavy (non-hydrogen) atoms. The van der Waals surface area contributed by atoms with Crippen LogP contribution in [0.15, 0.2) is 29.4 Å². The van der Waals surface area contributed by atoms with Gasteiger partial charge in [-0.2, -0.15) is 5.10 Å². The summed E-state index contributed by atoms with van der Waals surface area (Å²) < 4.78 is 0. The Labute approximate surface area is 175 Å². The second-order valence-corrected chi connectivity index (χ2v) is 7.41. The van der Waals surface area contributed by atoms with Crippen molar-refractivity contribution in [1.82, 2.24) is 10.7 Å². The first-order valence-electron chi connectivity index (χ1n) is 11.0. The van der Waals surface area contributed by atoms with Crippen molar-refractivity contribution in [1.29, 1.82) is 0 Å². The summed E-state index contributed by atoms with van der Waals surface area (Å²) in [5.41, 5.74) is 2.84. The molecule has 0 aromatic heterocycles. The number of nitrogens with one attached hydrogen (secondary N) is 2. The fraction of sp³-hybridized carbons (Fsp3) is 0.609. The summed E-state index contributed by atoms with van der Waals surface area (Å²) in [7, 11) is 0. The van der Waals surface area contributed by atoms with Gasteiger partial charge in [0.1, 0.15) is 5.75 Å². The van der Waals surface area contributed by atoms with Crippen molar-refractivity contribution in [2.45, 2.75) is 84.0 Å². The molecule has 1 rings (SSSR count). The predicted molar refractivity (Wildman–Crippen MR) is 118 cm³/mol. The maximum Gasteiger partial charge on any atom is 0.259 e. The fourth-order valence-corrected chi connectivity index (χ4v) is 3.03. The highest BCUT2D eigenvalue weighted by atomic mass is 16.3. The van der Waals surface area contributed by atoms with Gasteiger partial charge in [-0.05, 0) is 18.6 Å². The van der Waals surface area contributed by atoms with Gasteiger partial charge in [0.15, 0.2) is 0 Å². The van der Waals surface area contributed by atoms with Crippen LogP contribution in [0.5, 0.6) is 5.75 Å². The summed E-state index contributed by atoms with van der Waals surface area (Å²) in [6.07, 6.45) is 15.5. The van der Waals surface area contributed by atoms with E-state index >= 15 is 0 Å². The standard InChI is InChI=1S/C23H37N3O3/c1-2-3-4-5-6-7-8-9-10-11-12-17-22(28)24-19-23(29)26-25-18-20-15-13-14-16-21(20)27/h13-16,18,27H,2-12,17,19H2,1H3,(H,24,28)(H,26,29)/b25-18+. The zero-order chi connectivity index (χ0) is 21.2. The van der Waals surface area contributed by atoms with Crippen LogP contribution < -0.4 is 10.7 Å². The van der Waals surface area contributed by atoms with E-state index in [1.807, 2.05) is 0 Å². The average Bonchev–Trinajstić information content (AvgIpc) is 2.72. The second-order valence-electron chi connectivity index (χ2n) is 7.41. The van der Waals surface area contributed by atoms with E-state index in [9.17, 15) is 14.7 Å². The lowest BCUT2D eigenvalue weighted by molar-refractivity contribution is -0.126. The van der Waals surface area contributed by atoms with Gasteiger partial charge in [0.05, 0.1) is 12.8 Å². The Bertz CT molecular complexity index is 617. The van der Waals surface area contributed by atoms with Gasteiger partial charge in [-0.15, -0.1) is 0 Å². The van der Waals surface area contributed by atoms with E-state index in [0.717, 1.165) is 12.8 Å². The van der Waals surface area contributed by atoms with Gasteiger partial charge in [-0.3, -0.25) is 9.59 Å². The van der Waals surface area contributed by atoms with Gasteiger partial charge in [0, 0.05) is 12.0 Å². The number of nitrogens with zero attached hydrogens (tertiary/aromatic N) is 1. The molecule has 1 aromatic carbocycles. The van der Waals surface area contributed by atoms with E-state index in [-0.39, 0.29) is 18.2 Å². The highest BCUT2D eigenvalue weighted by Gasteiger charge is 2.05. The molecule has 162 valence electrons. The minimum Gasteiger partial charge on any atom is -0.507 e. The predicted octanol–water partition coefficient (Wildman–Crippen LogP) is 4.66. The number of amides is 2. The van der Waals surface area contributed by atoms with Crippen LogP contribution in [0.4, 0.5) is 0 Å². The minimum atomic E-state index is -0.399. The van der Waals surface area contributed by atoms with Crippen molar-refractivity contribution in [3.8, 4) is 5.75 Å². The Morgan fingerprint density at radius 2 is 1.48 bits per heavy atom. The highest BCUT2D eigenvalue weighted by Crippen LogP contribution is 2.13. The number of hydrazone groups is 1. The van der Waals surface area contributed by atoms with Crippen molar-refractivity contribution >= 4 is 18.0 Å². The van der Waals surface area contributed by atoms with Crippen LogP contribution in [0.1, 0.15) is 89.5 Å². The number of carbonyl (C=O) groups excluding carboxylic acids is 2. The van der Waals surface area contributed by atoms with E-state index in [1.165, 1.54) is 70.1 Å². The van der Waals surface area contributed by atoms with Crippen molar-refractivity contribution in [2.24, 2.45) is 5.10 Å². The number of para-hydroxylation sites is 1. The highest BCUT2D eigenvalue weighted by molar-refractivity contribution is 5.87. The fourth-order valence-electron chi connectivity index (χ4n) is 3.03. The second kappa shape index (κ2) is 16.6. The number of hydrogen-bond donors (Lipinski definition) is 3. The molecule has 0 saturated carbocycles. The largest absolute Gasteiger partial charge is 0.507 e. The topological polar surface area (TPSA) is 90.8 Å². The molecule has 0 aliphatic rings. The third kappa shape index (κ3) is 13.4. The Balaban J connectivity index is 1.97. The lowest BCUT2D eigenvalue weighted by atomic mass is 10.1. The number of hydrogen-bond acceptors (Lipinski definition) is 4. The lowest BCUT2D eigenvalue weighted by Gasteiger charge is -2.05. The van der Waals surface area contributed by atoms with Crippen LogP contribution in [0, 0.1) is 0 Å². The molecule has 0 bridgehead atoms. The molecule has 2 amide bonds. The number of benzene rings is 1. The third-order valence-electron chi connectivity index (χ3n) is 4.78. The van der Waals surface area contributed by atoms with Crippen LogP contribution in [0.3, 0.4) is 0 Å². The Morgan fingerprint density at radius 1 is 0.897 bits per heavy atom. The van der Waals surface area contributed by atoms with E-state index in [2.05, 4.69) is 22.8 Å². The van der Waals surface area contributed by atoms with Gasteiger partial charge >= 0.3 is 0 Å². The third-order valence-corrected chi connectivity index (χ3v) is 4.78. The number of unbranched alkanes of at least 4 members (excludes halogenated alkanes) is 10. The normalized spacial score (nSPS) is 10.9. The Hall–Kier alpha value is -2.37. The molecule has 0 heterocycles. The van der Waals surface area contributed by atoms with Gasteiger partial charge < -0.3 is 10.4 Å². The minimum absolute atomic E-state index is 0.0887. The molecule has 0 radical (unpaired) electrons. The SMILES string of the molecule is CCCCCCCCCCCCCC(=O)NCC(=O)N/N=C/c1ccccc1O. The molecular formula is C23H37N3O3. The summed E-state index contributed by atoms with van der Waals surface area (Å²) >= 11 is 0. The summed E-state index contributed by atoms with van der Waals surface area (Å²) in [6.45, 7) is 2.14. The van der Waals surface area contributed by atoms with Crippen LogP contribution in [-0.4, -0.2) is 29.7 Å². The van der Waals surface area contributed by atoms with Crippen molar-refractivity contribution in [3.63, 3.8) is 0 Å². The first-order chi connectivity index (χ1) is 14.1. The van der Waals surface area contributed by atoms with Crippen molar-refractivity contribution in [2.75, 3.05) is 6.54 Å². The number of phenols is 1. The van der Waals surface area contributed by atoms with E-state index in [1.54, 1.807) is 18.2 Å². The van der Waals surface area contributed by atoms with Gasteiger partial charge in [0.25, 0.3) is 5.91 Å². The zero-order valence-corrected chi connectivity index (χ0v) is 17.8. The van der Waals surface area contributed by atoms with Gasteiger partial charge in [-0.1, -0.05) is 83.3 Å². The van der Waals surface area contributed by atoms with E-state index in [4.69, 9.17) is 0 Å². The molecule has 6 heteroatoms. The maximum atomic E-state index is 11.8. The van der Waals surface area contributed by atoms with Crippen LogP contribution >= 0.6 is 0 Å². The molecule has 6 nitrogen and oxygen atoms in total. The number of rotatable bonds is 16. The molecule has 1 aromatic rings. The zero-order valence-electron chi connectivity index (χ0n) is 17.8. The Morgan fingerprint density at radius 3 is 2.10 bits per heavy atom. The number of carbonyl (C=O) groups is 2. The quantitative estimate of drug-likeness (QED) is 0.213. The molecule has 0 atom stereocenters. The summed E-state index contributed by atoms with van der Waals surface area (Å²) in [5.74, 6) is -0.421. The number of aromatic hydroxyl groups is 1. The summed E-state index contributed by atoms with van der Waals surface area (Å²) in [4.78, 5) is 23.5. The number of phenolic OH excluding ortho intramolecular Hbond substituents is 1. The van der Waals surface area contributed by atoms with E-state index in [0.29, 0.717) is 12.0 Å². The maximum absolute atomic E-state index is 11.8. The van der Waals surface area contributed by atoms with Crippen LogP contribution in [-0.2, 0) is 9.59 Å². The first-order valence-corrected chi connectivity index (χ1v) is 11.0. The molecular weight excluding hydrogens is 366 g/mol. The average molecular weight is 404 g/mol. The van der Waals surface area contributed by atoms with Gasteiger partial charge in [0.2, 0.25) is 5.91 Å². The van der Waals surface area contributed by atoms with Crippen LogP contribution in [0.25, 0.3) is 0 Å².